The summed E-state index contributed by atoms with van der Waals surface area (Å²) in [6, 6.07) is 23.4. The minimum Gasteiger partial charge on any atom is -0.186 e. The fourth-order valence-electron chi connectivity index (χ4n) is 2.53. The second-order valence-electron chi connectivity index (χ2n) is 11.2. The Morgan fingerprint density at radius 3 is 0.902 bits per heavy atom. The van der Waals surface area contributed by atoms with Crippen molar-refractivity contribution in [2.24, 2.45) is 0 Å². The second kappa shape index (κ2) is 30.0. The summed E-state index contributed by atoms with van der Waals surface area (Å²) in [4.78, 5) is 16.2. The highest BCUT2D eigenvalue weighted by atomic mass is 16.2. The Morgan fingerprint density at radius 2 is 0.732 bits per heavy atom. The summed E-state index contributed by atoms with van der Waals surface area (Å²) in [5, 5.41) is 0. The van der Waals surface area contributed by atoms with Gasteiger partial charge in [0.15, 0.2) is 0 Å². The van der Waals surface area contributed by atoms with Crippen LogP contribution in [0.2, 0.25) is 0 Å². The monoisotopic (exact) mass is 564 g/mol. The molecular formula is C39H64O2. The first-order valence-electron chi connectivity index (χ1n) is 15.3. The molecule has 2 heteroatoms. The second-order valence-corrected chi connectivity index (χ2v) is 11.2. The molecule has 0 aliphatic rings. The molecule has 0 N–H and O–H groups in total. The van der Waals surface area contributed by atoms with E-state index in [0.29, 0.717) is 0 Å². The van der Waals surface area contributed by atoms with Gasteiger partial charge in [-0.1, -0.05) is 155 Å². The lowest BCUT2D eigenvalue weighted by Gasteiger charge is -2.19. The first kappa shape index (κ1) is 45.0. The van der Waals surface area contributed by atoms with Crippen molar-refractivity contribution >= 4 is 6.15 Å². The predicted octanol–water partition coefficient (Wildman–Crippen LogP) is 12.3. The smallest absolute Gasteiger partial charge is 0.186 e. The Hall–Kier alpha value is -2.96. The Labute approximate surface area is 256 Å². The maximum atomic E-state index is 8.12. The van der Waals surface area contributed by atoms with Gasteiger partial charge in [-0.3, -0.25) is 0 Å². The van der Waals surface area contributed by atoms with E-state index < -0.39 is 0 Å². The van der Waals surface area contributed by atoms with E-state index in [-0.39, 0.29) is 11.6 Å². The van der Waals surface area contributed by atoms with Gasteiger partial charge in [0.05, 0.1) is 0 Å². The molecule has 3 rings (SSSR count). The molecule has 0 spiro atoms. The standard InChI is InChI=1S/C12H18.2C8H10.C4H10.2C3H8.CO2/c1-9-6-7-11(8-10(9)2)12(3,4)5;2*1-7-5-3-4-6-8(7)2;1-3-4-2;2*1-3-2;2-1-3/h6-8H,1-5H3;2*3-6H,1-2H3;3-4H2,1-2H3;2*3H2,1-2H3;. The molecule has 0 saturated heterocycles. The van der Waals surface area contributed by atoms with Crippen molar-refractivity contribution in [3.05, 3.63) is 106 Å². The fourth-order valence-corrected chi connectivity index (χ4v) is 2.53. The van der Waals surface area contributed by atoms with Gasteiger partial charge in [-0.25, -0.2) is 0 Å². The van der Waals surface area contributed by atoms with E-state index in [1.165, 1.54) is 64.6 Å². The molecule has 0 saturated carbocycles. The van der Waals surface area contributed by atoms with Gasteiger partial charge < -0.3 is 0 Å². The first-order chi connectivity index (χ1) is 19.2. The zero-order valence-corrected chi connectivity index (χ0v) is 29.5. The third kappa shape index (κ3) is 29.8. The summed E-state index contributed by atoms with van der Waals surface area (Å²) in [5.41, 5.74) is 9.94. The summed E-state index contributed by atoms with van der Waals surface area (Å²) >= 11 is 0. The van der Waals surface area contributed by atoms with E-state index in [4.69, 9.17) is 9.59 Å². The number of rotatable bonds is 1. The first-order valence-corrected chi connectivity index (χ1v) is 15.3. The van der Waals surface area contributed by atoms with Crippen molar-refractivity contribution < 1.29 is 9.59 Å². The molecule has 0 aliphatic carbocycles. The van der Waals surface area contributed by atoms with Crippen LogP contribution in [0.1, 0.15) is 127 Å². The predicted molar refractivity (Wildman–Crippen MR) is 184 cm³/mol. The zero-order valence-electron chi connectivity index (χ0n) is 29.5. The highest BCUT2D eigenvalue weighted by Crippen LogP contribution is 2.23. The average molecular weight is 565 g/mol. The number of hydrogen-bond donors (Lipinski definition) is 0. The summed E-state index contributed by atoms with van der Waals surface area (Å²) < 4.78 is 0. The lowest BCUT2D eigenvalue weighted by atomic mass is 9.85. The molecular weight excluding hydrogens is 500 g/mol. The van der Waals surface area contributed by atoms with Crippen molar-refractivity contribution in [2.75, 3.05) is 0 Å². The van der Waals surface area contributed by atoms with Crippen molar-refractivity contribution in [1.29, 1.82) is 0 Å². The van der Waals surface area contributed by atoms with Crippen LogP contribution in [0.25, 0.3) is 0 Å². The van der Waals surface area contributed by atoms with Crippen LogP contribution in [0.4, 0.5) is 0 Å². The van der Waals surface area contributed by atoms with E-state index in [0.717, 1.165) is 0 Å². The highest BCUT2D eigenvalue weighted by molar-refractivity contribution is 5.33. The van der Waals surface area contributed by atoms with E-state index in [1.54, 1.807) is 0 Å². The van der Waals surface area contributed by atoms with Crippen molar-refractivity contribution in [3.8, 4) is 0 Å². The van der Waals surface area contributed by atoms with Crippen LogP contribution < -0.4 is 0 Å². The molecule has 0 fully saturated rings. The van der Waals surface area contributed by atoms with Crippen LogP contribution in [-0.2, 0) is 15.0 Å². The normalized spacial score (nSPS) is 8.85. The Bertz CT molecular complexity index is 930. The summed E-state index contributed by atoms with van der Waals surface area (Å²) in [5.74, 6) is 0. The molecule has 0 atom stereocenters. The number of unbranched alkanes of at least 4 members (excludes halogenated alkanes) is 1. The van der Waals surface area contributed by atoms with Gasteiger partial charge >= 0.3 is 6.15 Å². The molecule has 232 valence electrons. The molecule has 2 nitrogen and oxygen atoms in total. The number of hydrogen-bond acceptors (Lipinski definition) is 2. The van der Waals surface area contributed by atoms with Crippen molar-refractivity contribution in [3.63, 3.8) is 0 Å². The van der Waals surface area contributed by atoms with E-state index in [1.807, 2.05) is 0 Å². The average Bonchev–Trinajstić information content (AvgIpc) is 2.91. The van der Waals surface area contributed by atoms with Crippen LogP contribution in [-0.4, -0.2) is 6.15 Å². The van der Waals surface area contributed by atoms with Crippen LogP contribution >= 0.6 is 0 Å². The lowest BCUT2D eigenvalue weighted by Crippen LogP contribution is -2.11. The van der Waals surface area contributed by atoms with Gasteiger partial charge in [-0.15, -0.1) is 0 Å². The van der Waals surface area contributed by atoms with Gasteiger partial charge in [0.25, 0.3) is 0 Å². The minimum atomic E-state index is 0.250. The SMILES string of the molecule is CCC.CCC.CCCC.Cc1ccc(C(C)(C)C)cc1C.Cc1ccccc1C.Cc1ccccc1C.O=C=O. The van der Waals surface area contributed by atoms with Crippen LogP contribution in [0.15, 0.2) is 66.7 Å². The number of carbonyl (C=O) groups excluding carboxylic acids is 2. The summed E-state index contributed by atoms with van der Waals surface area (Å²) in [7, 11) is 0. The van der Waals surface area contributed by atoms with Crippen molar-refractivity contribution in [1.82, 2.24) is 0 Å². The molecule has 0 aromatic heterocycles. The fraction of sp³-hybridized carbons (Fsp3) is 0.513. The van der Waals surface area contributed by atoms with Gasteiger partial charge in [0.1, 0.15) is 0 Å². The van der Waals surface area contributed by atoms with Crippen LogP contribution in [0.5, 0.6) is 0 Å². The molecule has 41 heavy (non-hydrogen) atoms. The largest absolute Gasteiger partial charge is 0.373 e. The quantitative estimate of drug-likeness (QED) is 0.294. The van der Waals surface area contributed by atoms with Crippen LogP contribution in [0.3, 0.4) is 0 Å². The third-order valence-corrected chi connectivity index (χ3v) is 5.72. The van der Waals surface area contributed by atoms with Crippen molar-refractivity contribution in [2.45, 2.75) is 135 Å². The zero-order chi connectivity index (χ0) is 32.9. The number of benzene rings is 3. The Balaban J connectivity index is -0.000000210. The van der Waals surface area contributed by atoms with Gasteiger partial charge in [0, 0.05) is 0 Å². The molecule has 0 bridgehead atoms. The summed E-state index contributed by atoms with van der Waals surface area (Å²) in [6.07, 6.45) is 5.39. The molecule has 0 amide bonds. The van der Waals surface area contributed by atoms with Crippen LogP contribution in [0, 0.1) is 41.5 Å². The lowest BCUT2D eigenvalue weighted by molar-refractivity contribution is -0.191. The van der Waals surface area contributed by atoms with E-state index in [9.17, 15) is 0 Å². The highest BCUT2D eigenvalue weighted by Gasteiger charge is 2.13. The third-order valence-electron chi connectivity index (χ3n) is 5.72. The Kier molecular flexibility index (Phi) is 33.0. The molecule has 3 aromatic rings. The van der Waals surface area contributed by atoms with E-state index in [2.05, 4.69) is 171 Å². The van der Waals surface area contributed by atoms with Gasteiger partial charge in [-0.2, -0.15) is 9.59 Å². The maximum absolute atomic E-state index is 8.12. The minimum absolute atomic E-state index is 0.250. The summed E-state index contributed by atoms with van der Waals surface area (Å²) in [6.45, 7) is 32.4. The number of aryl methyl sites for hydroxylation is 6. The molecule has 0 unspecified atom stereocenters. The maximum Gasteiger partial charge on any atom is 0.373 e. The molecule has 0 heterocycles. The van der Waals surface area contributed by atoms with Gasteiger partial charge in [-0.05, 0) is 85.9 Å². The molecule has 0 radical (unpaired) electrons. The molecule has 0 aliphatic heterocycles. The Morgan fingerprint density at radius 1 is 0.488 bits per heavy atom. The molecule has 3 aromatic carbocycles. The van der Waals surface area contributed by atoms with Gasteiger partial charge in [0.2, 0.25) is 0 Å². The van der Waals surface area contributed by atoms with E-state index >= 15 is 0 Å². The topological polar surface area (TPSA) is 34.1 Å².